The summed E-state index contributed by atoms with van der Waals surface area (Å²) >= 11 is 3.01. The van der Waals surface area contributed by atoms with Crippen LogP contribution in [0.25, 0.3) is 10.2 Å². The molecule has 2 aromatic heterocycles. The highest BCUT2D eigenvalue weighted by atomic mass is 32.2. The highest BCUT2D eigenvalue weighted by Crippen LogP contribution is 2.30. The van der Waals surface area contributed by atoms with Crippen LogP contribution in [0.1, 0.15) is 37.1 Å². The molecule has 0 radical (unpaired) electrons. The second-order valence-corrected chi connectivity index (χ2v) is 11.9. The molecule has 11 heteroatoms. The van der Waals surface area contributed by atoms with Gasteiger partial charge < -0.3 is 20.9 Å². The molecule has 4 heterocycles. The minimum absolute atomic E-state index is 0.00706. The van der Waals surface area contributed by atoms with Gasteiger partial charge in [0.1, 0.15) is 5.82 Å². The van der Waals surface area contributed by atoms with Crippen LogP contribution in [0.4, 0.5) is 17.6 Å². The van der Waals surface area contributed by atoms with Gasteiger partial charge in [0, 0.05) is 38.4 Å². The predicted octanol–water partition coefficient (Wildman–Crippen LogP) is 4.67. The van der Waals surface area contributed by atoms with E-state index >= 15 is 0 Å². The first-order valence-electron chi connectivity index (χ1n) is 13.4. The lowest BCUT2D eigenvalue weighted by molar-refractivity contribution is -0.118. The Morgan fingerprint density at radius 1 is 0.923 bits per heavy atom. The van der Waals surface area contributed by atoms with Gasteiger partial charge in [0.25, 0.3) is 0 Å². The number of nitrogens with zero attached hydrogens (tertiary/aromatic N) is 6. The Morgan fingerprint density at radius 2 is 1.56 bits per heavy atom. The zero-order valence-corrected chi connectivity index (χ0v) is 23.8. The Labute approximate surface area is 237 Å². The van der Waals surface area contributed by atoms with Crippen molar-refractivity contribution < 1.29 is 4.79 Å². The van der Waals surface area contributed by atoms with E-state index in [-0.39, 0.29) is 5.91 Å². The molecule has 0 atom stereocenters. The van der Waals surface area contributed by atoms with Gasteiger partial charge in [-0.3, -0.25) is 4.79 Å². The molecule has 0 saturated carbocycles. The van der Waals surface area contributed by atoms with E-state index < -0.39 is 0 Å². The summed E-state index contributed by atoms with van der Waals surface area (Å²) < 4.78 is 1.93. The molecule has 2 aliphatic heterocycles. The number of nitrogens with one attached hydrogen (secondary N) is 1. The smallest absolute Gasteiger partial charge is 0.230 e. The summed E-state index contributed by atoms with van der Waals surface area (Å²) in [7, 11) is 0. The zero-order chi connectivity index (χ0) is 27.0. The number of rotatable bonds is 7. The molecule has 6 rings (SSSR count). The zero-order valence-electron chi connectivity index (χ0n) is 22.2. The Bertz CT molecular complexity index is 1350. The Morgan fingerprint density at radius 3 is 2.21 bits per heavy atom. The number of anilines is 3. The molecule has 0 unspecified atom stereocenters. The quantitative estimate of drug-likeness (QED) is 0.245. The summed E-state index contributed by atoms with van der Waals surface area (Å²) in [5.41, 5.74) is 8.50. The molecule has 3 N–H and O–H groups in total. The van der Waals surface area contributed by atoms with Crippen LogP contribution in [0.5, 0.6) is 0 Å². The lowest BCUT2D eigenvalue weighted by atomic mass is 10.2. The van der Waals surface area contributed by atoms with Gasteiger partial charge in [-0.25, -0.2) is 4.98 Å². The van der Waals surface area contributed by atoms with Gasteiger partial charge in [0.15, 0.2) is 4.34 Å². The minimum Gasteiger partial charge on any atom is -0.399 e. The van der Waals surface area contributed by atoms with Gasteiger partial charge in [0.05, 0.1) is 16.0 Å². The van der Waals surface area contributed by atoms with Gasteiger partial charge in [-0.2, -0.15) is 15.0 Å². The monoisotopic (exact) mass is 562 g/mol. The van der Waals surface area contributed by atoms with Crippen LogP contribution >= 0.6 is 23.1 Å². The number of fused-ring (bicyclic) bond motifs is 1. The van der Waals surface area contributed by atoms with Crippen molar-refractivity contribution >= 4 is 56.8 Å². The number of amides is 1. The normalized spacial score (nSPS) is 14.9. The number of aryl methyl sites for hydroxylation is 1. The molecule has 4 aromatic rings. The molecular weight excluding hydrogens is 528 g/mol. The summed E-state index contributed by atoms with van der Waals surface area (Å²) in [5.74, 6) is 2.95. The molecule has 2 saturated heterocycles. The van der Waals surface area contributed by atoms with Crippen molar-refractivity contribution in [3.8, 4) is 0 Å². The van der Waals surface area contributed by atoms with Crippen LogP contribution in [-0.4, -0.2) is 57.8 Å². The first-order valence-corrected chi connectivity index (χ1v) is 15.2. The number of thioether (sulfide) groups is 1. The average molecular weight is 563 g/mol. The number of hydrogen-bond acceptors (Lipinski definition) is 10. The third-order valence-electron chi connectivity index (χ3n) is 6.55. The molecular formula is C28H34N8OS2. The van der Waals surface area contributed by atoms with Gasteiger partial charge >= 0.3 is 0 Å². The fraction of sp³-hybridized carbons (Fsp3) is 0.393. The Kier molecular flexibility index (Phi) is 9.10. The summed E-state index contributed by atoms with van der Waals surface area (Å²) in [6.45, 7) is 6.86. The molecule has 204 valence electrons. The van der Waals surface area contributed by atoms with Gasteiger partial charge in [-0.15, -0.1) is 11.3 Å². The Hall–Kier alpha value is -3.44. The third kappa shape index (κ3) is 7.57. The van der Waals surface area contributed by atoms with Crippen LogP contribution in [0.3, 0.4) is 0 Å². The number of carbonyl (C=O) groups is 1. The van der Waals surface area contributed by atoms with E-state index in [0.29, 0.717) is 12.3 Å². The molecule has 2 fully saturated rings. The lowest BCUT2D eigenvalue weighted by Gasteiger charge is -2.19. The average Bonchev–Trinajstić information content (AvgIpc) is 3.73. The van der Waals surface area contributed by atoms with E-state index in [9.17, 15) is 4.79 Å². The molecule has 2 aromatic carbocycles. The van der Waals surface area contributed by atoms with E-state index in [1.807, 2.05) is 55.5 Å². The summed E-state index contributed by atoms with van der Waals surface area (Å²) in [6, 6.07) is 15.5. The molecule has 9 nitrogen and oxygen atoms in total. The first kappa shape index (κ1) is 27.1. The number of nitrogens with two attached hydrogens (primary N) is 1. The number of hydrogen-bond donors (Lipinski definition) is 2. The van der Waals surface area contributed by atoms with Crippen LogP contribution in [0.15, 0.2) is 52.9 Å². The first-order chi connectivity index (χ1) is 19.0. The van der Waals surface area contributed by atoms with Crippen LogP contribution in [0.2, 0.25) is 0 Å². The molecule has 2 aliphatic rings. The largest absolute Gasteiger partial charge is 0.399 e. The number of benzene rings is 2. The summed E-state index contributed by atoms with van der Waals surface area (Å²) in [4.78, 5) is 34.5. The van der Waals surface area contributed by atoms with Crippen molar-refractivity contribution in [2.45, 2.75) is 43.5 Å². The molecule has 39 heavy (non-hydrogen) atoms. The van der Waals surface area contributed by atoms with E-state index in [1.165, 1.54) is 37.4 Å². The lowest BCUT2D eigenvalue weighted by Crippen LogP contribution is -2.25. The Balaban J connectivity index is 0.000000163. The second kappa shape index (κ2) is 13.1. The third-order valence-corrected chi connectivity index (χ3v) is 8.71. The van der Waals surface area contributed by atoms with Crippen molar-refractivity contribution in [3.63, 3.8) is 0 Å². The number of thiazole rings is 1. The van der Waals surface area contributed by atoms with Crippen LogP contribution in [0, 0.1) is 6.92 Å². The molecule has 0 spiro atoms. The SMILES string of the molecule is Cc1nc(N2CCCC2)nc(N2CCCC2)n1.Nc1ccc2nc(SCC(=O)NCc3ccccc3)sc2c1. The molecule has 1 amide bonds. The predicted molar refractivity (Wildman–Crippen MR) is 161 cm³/mol. The number of aromatic nitrogens is 4. The van der Waals surface area contributed by atoms with Gasteiger partial charge in [-0.05, 0) is 56.4 Å². The standard InChI is InChI=1S/C16H15N3OS2.C12H19N5/c17-12-6-7-13-14(8-12)22-16(19-13)21-10-15(20)18-9-11-4-2-1-3-5-11;1-10-13-11(16-6-2-3-7-16)15-12(14-10)17-8-4-5-9-17/h1-8H,9-10,17H2,(H,18,20);2-9H2,1H3. The van der Waals surface area contributed by atoms with E-state index in [1.54, 1.807) is 11.3 Å². The highest BCUT2D eigenvalue weighted by Gasteiger charge is 2.20. The second-order valence-electron chi connectivity index (χ2n) is 9.63. The highest BCUT2D eigenvalue weighted by molar-refractivity contribution is 8.01. The van der Waals surface area contributed by atoms with Crippen molar-refractivity contribution in [2.24, 2.45) is 0 Å². The van der Waals surface area contributed by atoms with Crippen molar-refractivity contribution in [1.82, 2.24) is 25.3 Å². The maximum atomic E-state index is 11.9. The van der Waals surface area contributed by atoms with E-state index in [4.69, 9.17) is 5.73 Å². The van der Waals surface area contributed by atoms with Gasteiger partial charge in [0.2, 0.25) is 17.8 Å². The van der Waals surface area contributed by atoms with Crippen LogP contribution < -0.4 is 20.9 Å². The van der Waals surface area contributed by atoms with Crippen molar-refractivity contribution in [2.75, 3.05) is 47.5 Å². The summed E-state index contributed by atoms with van der Waals surface area (Å²) in [5, 5.41) is 2.91. The molecule has 0 bridgehead atoms. The van der Waals surface area contributed by atoms with Gasteiger partial charge in [-0.1, -0.05) is 42.1 Å². The maximum absolute atomic E-state index is 11.9. The molecule has 0 aliphatic carbocycles. The fourth-order valence-electron chi connectivity index (χ4n) is 4.53. The van der Waals surface area contributed by atoms with Crippen LogP contribution in [-0.2, 0) is 11.3 Å². The van der Waals surface area contributed by atoms with Crippen molar-refractivity contribution in [1.29, 1.82) is 0 Å². The minimum atomic E-state index is 0.00706. The van der Waals surface area contributed by atoms with Crippen molar-refractivity contribution in [3.05, 3.63) is 59.9 Å². The maximum Gasteiger partial charge on any atom is 0.230 e. The summed E-state index contributed by atoms with van der Waals surface area (Å²) in [6.07, 6.45) is 5.01. The number of nitrogen functional groups attached to an aromatic ring is 1. The number of carbonyl (C=O) groups excluding carboxylic acids is 1. The van der Waals surface area contributed by atoms with E-state index in [2.05, 4.69) is 35.1 Å². The fourth-order valence-corrected chi connectivity index (χ4v) is 6.47. The topological polar surface area (TPSA) is 113 Å². The van der Waals surface area contributed by atoms with E-state index in [0.717, 1.165) is 69.7 Å².